The third kappa shape index (κ3) is 3.14. The summed E-state index contributed by atoms with van der Waals surface area (Å²) in [4.78, 5) is 36.4. The van der Waals surface area contributed by atoms with Gasteiger partial charge in [0.2, 0.25) is 5.96 Å². The van der Waals surface area contributed by atoms with Crippen LogP contribution in [0.3, 0.4) is 0 Å². The Kier molecular flexibility index (Phi) is 4.95. The number of carbonyl (C=O) groups is 2. The monoisotopic (exact) mass is 437 g/mol. The Labute approximate surface area is 176 Å². The summed E-state index contributed by atoms with van der Waals surface area (Å²) in [6.45, 7) is 3.54. The number of aliphatic imine (C=N–C) groups is 1. The summed E-state index contributed by atoms with van der Waals surface area (Å²) < 4.78 is 38.8. The van der Waals surface area contributed by atoms with Gasteiger partial charge in [0.25, 0.3) is 5.91 Å². The number of nitrogens with zero attached hydrogens (tertiary/aromatic N) is 5. The zero-order valence-electron chi connectivity index (χ0n) is 17.2. The first-order valence-corrected chi connectivity index (χ1v) is 9.79. The number of anilines is 1. The van der Waals surface area contributed by atoms with Gasteiger partial charge in [0, 0.05) is 37.3 Å². The minimum atomic E-state index is -4.44. The van der Waals surface area contributed by atoms with Crippen LogP contribution in [0.15, 0.2) is 40.7 Å². The maximum absolute atomic E-state index is 13.2. The van der Waals surface area contributed by atoms with Gasteiger partial charge in [0.15, 0.2) is 12.2 Å². The number of imide groups is 1. The number of hydrogen-bond donors (Lipinski definition) is 1. The van der Waals surface area contributed by atoms with Gasteiger partial charge in [0.05, 0.1) is 5.56 Å². The second-order valence-electron chi connectivity index (χ2n) is 7.67. The number of amides is 3. The van der Waals surface area contributed by atoms with Gasteiger partial charge < -0.3 is 10.0 Å². The van der Waals surface area contributed by atoms with Gasteiger partial charge in [-0.25, -0.2) is 9.79 Å². The van der Waals surface area contributed by atoms with Crippen LogP contribution >= 0.6 is 0 Å². The molecule has 166 valence electrons. The molecule has 0 radical (unpaired) electrons. The van der Waals surface area contributed by atoms with Gasteiger partial charge in [-0.05, 0) is 44.5 Å². The Morgan fingerprint density at radius 1 is 1.10 bits per heavy atom. The van der Waals surface area contributed by atoms with Gasteiger partial charge in [-0.3, -0.25) is 19.5 Å². The summed E-state index contributed by atoms with van der Waals surface area (Å²) >= 11 is 0. The van der Waals surface area contributed by atoms with Crippen molar-refractivity contribution in [3.63, 3.8) is 0 Å². The molecule has 3 amide bonds. The number of hydrogen-bond acceptors (Lipinski definition) is 6. The Morgan fingerprint density at radius 2 is 1.74 bits per heavy atom. The van der Waals surface area contributed by atoms with E-state index in [9.17, 15) is 22.8 Å². The van der Waals surface area contributed by atoms with E-state index in [1.807, 2.05) is 0 Å². The SMILES string of the molecule is CC1=C(C)N2C(=NC3C2C(=O)N(CCCO)C(=O)N3C)N1c1ccc(C(F)(F)F)cc1. The first kappa shape index (κ1) is 21.2. The average Bonchev–Trinajstić information content (AvgIpc) is 3.22. The van der Waals surface area contributed by atoms with Crippen molar-refractivity contribution in [3.8, 4) is 0 Å². The van der Waals surface area contributed by atoms with Gasteiger partial charge in [-0.2, -0.15) is 13.2 Å². The molecule has 1 aromatic rings. The highest BCUT2D eigenvalue weighted by atomic mass is 19.4. The van der Waals surface area contributed by atoms with Gasteiger partial charge in [-0.1, -0.05) is 0 Å². The van der Waals surface area contributed by atoms with E-state index in [0.29, 0.717) is 11.6 Å². The fourth-order valence-corrected chi connectivity index (χ4v) is 4.16. The number of aliphatic hydroxyl groups excluding tert-OH is 1. The molecule has 1 saturated heterocycles. The predicted octanol–water partition coefficient (Wildman–Crippen LogP) is 2.42. The molecule has 11 heteroatoms. The average molecular weight is 437 g/mol. The topological polar surface area (TPSA) is 79.7 Å². The summed E-state index contributed by atoms with van der Waals surface area (Å²) in [5.41, 5.74) is 1.17. The number of benzene rings is 1. The van der Waals surface area contributed by atoms with E-state index < -0.39 is 35.9 Å². The maximum atomic E-state index is 13.2. The Bertz CT molecular complexity index is 989. The van der Waals surface area contributed by atoms with Crippen molar-refractivity contribution in [1.82, 2.24) is 14.7 Å². The molecule has 0 saturated carbocycles. The van der Waals surface area contributed by atoms with Crippen molar-refractivity contribution in [2.24, 2.45) is 4.99 Å². The molecule has 1 aromatic carbocycles. The molecule has 0 aliphatic carbocycles. The number of allylic oxidation sites excluding steroid dienone is 2. The van der Waals surface area contributed by atoms with Crippen LogP contribution in [0.1, 0.15) is 25.8 Å². The molecular weight excluding hydrogens is 415 g/mol. The number of likely N-dealkylation sites (N-methyl/N-ethyl adjacent to an activating group) is 1. The molecule has 0 aromatic heterocycles. The maximum Gasteiger partial charge on any atom is 0.416 e. The largest absolute Gasteiger partial charge is 0.416 e. The number of fused-ring (bicyclic) bond motifs is 3. The molecule has 1 fully saturated rings. The third-order valence-corrected chi connectivity index (χ3v) is 5.89. The van der Waals surface area contributed by atoms with Crippen LogP contribution in [0.4, 0.5) is 23.7 Å². The van der Waals surface area contributed by atoms with Crippen molar-refractivity contribution in [3.05, 3.63) is 41.2 Å². The molecule has 4 rings (SSSR count). The minimum absolute atomic E-state index is 0.0925. The predicted molar refractivity (Wildman–Crippen MR) is 106 cm³/mol. The number of aliphatic hydroxyl groups is 1. The van der Waals surface area contributed by atoms with E-state index in [2.05, 4.69) is 4.99 Å². The van der Waals surface area contributed by atoms with Crippen LogP contribution in [0.2, 0.25) is 0 Å². The zero-order chi connectivity index (χ0) is 22.7. The highest BCUT2D eigenvalue weighted by molar-refractivity contribution is 6.10. The van der Waals surface area contributed by atoms with E-state index in [-0.39, 0.29) is 19.6 Å². The summed E-state index contributed by atoms with van der Waals surface area (Å²) in [6, 6.07) is 3.45. The van der Waals surface area contributed by atoms with E-state index >= 15 is 0 Å². The second-order valence-corrected chi connectivity index (χ2v) is 7.67. The zero-order valence-corrected chi connectivity index (χ0v) is 17.2. The Morgan fingerprint density at radius 3 is 2.32 bits per heavy atom. The molecular formula is C20H22F3N5O3. The molecule has 8 nitrogen and oxygen atoms in total. The first-order valence-electron chi connectivity index (χ1n) is 9.79. The van der Waals surface area contributed by atoms with E-state index in [0.717, 1.165) is 28.4 Å². The number of alkyl halides is 3. The highest BCUT2D eigenvalue weighted by Crippen LogP contribution is 2.40. The normalized spacial score (nSPS) is 23.6. The molecule has 3 heterocycles. The summed E-state index contributed by atoms with van der Waals surface area (Å²) in [6.07, 6.45) is -4.92. The molecule has 2 atom stereocenters. The number of carbonyl (C=O) groups excluding carboxylic acids is 2. The van der Waals surface area contributed by atoms with Crippen molar-refractivity contribution in [1.29, 1.82) is 0 Å². The smallest absolute Gasteiger partial charge is 0.396 e. The van der Waals surface area contributed by atoms with E-state index in [1.54, 1.807) is 30.7 Å². The fraction of sp³-hybridized carbons (Fsp3) is 0.450. The minimum Gasteiger partial charge on any atom is -0.396 e. The lowest BCUT2D eigenvalue weighted by atomic mass is 10.1. The quantitative estimate of drug-likeness (QED) is 0.783. The van der Waals surface area contributed by atoms with E-state index in [4.69, 9.17) is 5.11 Å². The standard InChI is InChI=1S/C20H22F3N5O3/c1-11-12(2)28-15-16(25(3)19(31)26(17(15)30)9-4-10-29)24-18(28)27(11)14-7-5-13(6-8-14)20(21,22)23/h5-8,15-16,29H,4,9-10H2,1-3H3. The summed E-state index contributed by atoms with van der Waals surface area (Å²) in [5, 5.41) is 9.10. The van der Waals surface area contributed by atoms with Gasteiger partial charge in [-0.15, -0.1) is 0 Å². The van der Waals surface area contributed by atoms with Gasteiger partial charge in [0.1, 0.15) is 0 Å². The number of halogens is 3. The molecule has 0 spiro atoms. The van der Waals surface area contributed by atoms with Crippen molar-refractivity contribution in [2.75, 3.05) is 25.1 Å². The molecule has 1 N–H and O–H groups in total. The fourth-order valence-electron chi connectivity index (χ4n) is 4.16. The van der Waals surface area contributed by atoms with Crippen molar-refractivity contribution in [2.45, 2.75) is 38.7 Å². The first-order chi connectivity index (χ1) is 14.6. The molecule has 2 unspecified atom stereocenters. The number of rotatable bonds is 4. The lowest BCUT2D eigenvalue weighted by molar-refractivity contribution is -0.138. The van der Waals surface area contributed by atoms with Crippen LogP contribution in [0.25, 0.3) is 0 Å². The lowest BCUT2D eigenvalue weighted by Crippen LogP contribution is -2.64. The number of guanidine groups is 1. The highest BCUT2D eigenvalue weighted by Gasteiger charge is 2.55. The molecule has 31 heavy (non-hydrogen) atoms. The summed E-state index contributed by atoms with van der Waals surface area (Å²) in [5.74, 6) is -0.0245. The second kappa shape index (κ2) is 7.26. The lowest BCUT2D eigenvalue weighted by Gasteiger charge is -2.40. The third-order valence-electron chi connectivity index (χ3n) is 5.89. The van der Waals surface area contributed by atoms with Crippen molar-refractivity contribution >= 4 is 23.6 Å². The van der Waals surface area contributed by atoms with Gasteiger partial charge >= 0.3 is 12.2 Å². The van der Waals surface area contributed by atoms with Crippen LogP contribution in [0.5, 0.6) is 0 Å². The molecule has 3 aliphatic rings. The summed E-state index contributed by atoms with van der Waals surface area (Å²) in [7, 11) is 1.55. The Balaban J connectivity index is 1.70. The van der Waals surface area contributed by atoms with Crippen LogP contribution < -0.4 is 4.90 Å². The van der Waals surface area contributed by atoms with Crippen LogP contribution in [-0.2, 0) is 11.0 Å². The number of urea groups is 1. The van der Waals surface area contributed by atoms with Crippen LogP contribution in [0, 0.1) is 0 Å². The van der Waals surface area contributed by atoms with Crippen LogP contribution in [-0.4, -0.2) is 70.1 Å². The van der Waals surface area contributed by atoms with E-state index in [1.165, 1.54) is 17.0 Å². The molecule has 3 aliphatic heterocycles. The molecule has 0 bridgehead atoms. The Hall–Kier alpha value is -3.08. The van der Waals surface area contributed by atoms with Crippen molar-refractivity contribution < 1.29 is 27.9 Å².